The third kappa shape index (κ3) is 2.51. The molecule has 2 saturated heterocycles. The van der Waals surface area contributed by atoms with Crippen molar-refractivity contribution < 1.29 is 4.74 Å². The zero-order valence-corrected chi connectivity index (χ0v) is 14.6. The van der Waals surface area contributed by atoms with E-state index in [1.807, 2.05) is 12.1 Å². The molecule has 9 heteroatoms. The summed E-state index contributed by atoms with van der Waals surface area (Å²) in [7, 11) is 1.63. The minimum Gasteiger partial charge on any atom is -0.481 e. The second-order valence-corrected chi connectivity index (χ2v) is 6.77. The number of rotatable bonds is 3. The third-order valence-corrected chi connectivity index (χ3v) is 5.41. The first kappa shape index (κ1) is 15.3. The van der Waals surface area contributed by atoms with Crippen molar-refractivity contribution in [3.05, 3.63) is 30.7 Å². The van der Waals surface area contributed by atoms with Gasteiger partial charge in [-0.05, 0) is 30.9 Å². The minimum atomic E-state index is 0.403. The predicted octanol–water partition coefficient (Wildman–Crippen LogP) is 1.03. The van der Waals surface area contributed by atoms with E-state index in [2.05, 4.69) is 35.1 Å². The first-order chi connectivity index (χ1) is 12.8. The summed E-state index contributed by atoms with van der Waals surface area (Å²) < 4.78 is 6.97. The average molecular weight is 352 g/mol. The summed E-state index contributed by atoms with van der Waals surface area (Å²) in [5.41, 5.74) is 0.763. The summed E-state index contributed by atoms with van der Waals surface area (Å²) >= 11 is 0. The lowest BCUT2D eigenvalue weighted by atomic mass is 9.92. The molecular formula is C17H20N8O. The van der Waals surface area contributed by atoms with Gasteiger partial charge < -0.3 is 14.5 Å². The first-order valence-corrected chi connectivity index (χ1v) is 8.87. The van der Waals surface area contributed by atoms with Crippen LogP contribution in [0.3, 0.4) is 0 Å². The van der Waals surface area contributed by atoms with Crippen LogP contribution in [0, 0.1) is 5.92 Å². The second-order valence-electron chi connectivity index (χ2n) is 6.77. The van der Waals surface area contributed by atoms with Crippen LogP contribution in [-0.2, 0) is 0 Å². The first-order valence-electron chi connectivity index (χ1n) is 8.87. The normalized spacial score (nSPS) is 22.7. The van der Waals surface area contributed by atoms with E-state index >= 15 is 0 Å². The maximum atomic E-state index is 5.24. The van der Waals surface area contributed by atoms with Crippen molar-refractivity contribution in [2.75, 3.05) is 36.5 Å². The molecule has 2 unspecified atom stereocenters. The molecule has 9 nitrogen and oxygen atoms in total. The topological polar surface area (TPSA) is 84.6 Å². The molecule has 5 heterocycles. The number of nitrogens with zero attached hydrogens (tertiary/aromatic N) is 8. The molecule has 0 spiro atoms. The van der Waals surface area contributed by atoms with E-state index in [1.165, 1.54) is 6.42 Å². The van der Waals surface area contributed by atoms with Crippen LogP contribution in [0.25, 0.3) is 5.65 Å². The SMILES string of the molecule is COc1ccnc(N2CCC3CCN(c4ccc5nncn5n4)C3C2)n1. The van der Waals surface area contributed by atoms with Gasteiger partial charge in [-0.15, -0.1) is 15.3 Å². The number of ether oxygens (including phenoxy) is 1. The van der Waals surface area contributed by atoms with Crippen molar-refractivity contribution in [2.24, 2.45) is 5.92 Å². The zero-order chi connectivity index (χ0) is 17.5. The zero-order valence-electron chi connectivity index (χ0n) is 14.6. The van der Waals surface area contributed by atoms with E-state index in [-0.39, 0.29) is 0 Å². The second kappa shape index (κ2) is 6.08. The molecule has 0 N–H and O–H groups in total. The van der Waals surface area contributed by atoms with Crippen LogP contribution in [0.2, 0.25) is 0 Å². The highest BCUT2D eigenvalue weighted by molar-refractivity contribution is 5.48. The smallest absolute Gasteiger partial charge is 0.228 e. The maximum absolute atomic E-state index is 5.24. The van der Waals surface area contributed by atoms with Gasteiger partial charge in [-0.25, -0.2) is 4.98 Å². The molecule has 0 radical (unpaired) electrons. The van der Waals surface area contributed by atoms with Crippen molar-refractivity contribution >= 4 is 17.4 Å². The Kier molecular flexibility index (Phi) is 3.58. The van der Waals surface area contributed by atoms with Gasteiger partial charge in [0.25, 0.3) is 0 Å². The van der Waals surface area contributed by atoms with E-state index < -0.39 is 0 Å². The van der Waals surface area contributed by atoms with Crippen LogP contribution in [0.5, 0.6) is 5.88 Å². The van der Waals surface area contributed by atoms with Gasteiger partial charge in [0.1, 0.15) is 12.1 Å². The third-order valence-electron chi connectivity index (χ3n) is 5.41. The fourth-order valence-electron chi connectivity index (χ4n) is 4.08. The molecule has 5 rings (SSSR count). The Morgan fingerprint density at radius 3 is 3.00 bits per heavy atom. The molecule has 2 aliphatic heterocycles. The number of piperidine rings is 1. The highest BCUT2D eigenvalue weighted by Gasteiger charge is 2.39. The van der Waals surface area contributed by atoms with Crippen LogP contribution >= 0.6 is 0 Å². The highest BCUT2D eigenvalue weighted by Crippen LogP contribution is 2.35. The van der Waals surface area contributed by atoms with Crippen molar-refractivity contribution in [1.29, 1.82) is 0 Å². The maximum Gasteiger partial charge on any atom is 0.228 e. The number of hydrogen-bond acceptors (Lipinski definition) is 8. The standard InChI is InChI=1S/C17H20N8O/c1-26-16-4-7-18-17(20-16)23-8-5-12-6-9-24(13(12)10-23)15-3-2-14-21-19-11-25(14)22-15/h2-4,7,11-13H,5-6,8-10H2,1H3. The van der Waals surface area contributed by atoms with Crippen LogP contribution in [0.15, 0.2) is 30.7 Å². The van der Waals surface area contributed by atoms with Crippen LogP contribution in [0.1, 0.15) is 12.8 Å². The van der Waals surface area contributed by atoms with Gasteiger partial charge in [0, 0.05) is 31.9 Å². The minimum absolute atomic E-state index is 0.403. The Bertz CT molecular complexity index is 928. The summed E-state index contributed by atoms with van der Waals surface area (Å²) in [6, 6.07) is 6.18. The molecule has 2 fully saturated rings. The van der Waals surface area contributed by atoms with E-state index in [1.54, 1.807) is 30.2 Å². The largest absolute Gasteiger partial charge is 0.481 e. The molecule has 0 saturated carbocycles. The van der Waals surface area contributed by atoms with Crippen molar-refractivity contribution in [3.8, 4) is 5.88 Å². The van der Waals surface area contributed by atoms with E-state index in [0.717, 1.165) is 43.5 Å². The number of anilines is 2. The average Bonchev–Trinajstić information content (AvgIpc) is 3.33. The Labute approximate surface area is 150 Å². The van der Waals surface area contributed by atoms with Crippen molar-refractivity contribution in [3.63, 3.8) is 0 Å². The molecule has 0 aromatic carbocycles. The number of aromatic nitrogens is 6. The van der Waals surface area contributed by atoms with Crippen LogP contribution in [0.4, 0.5) is 11.8 Å². The molecule has 26 heavy (non-hydrogen) atoms. The quantitative estimate of drug-likeness (QED) is 0.691. The fourth-order valence-corrected chi connectivity index (χ4v) is 4.08. The number of fused-ring (bicyclic) bond motifs is 2. The molecule has 0 bridgehead atoms. The summed E-state index contributed by atoms with van der Waals surface area (Å²) in [5.74, 6) is 2.98. The van der Waals surface area contributed by atoms with E-state index in [9.17, 15) is 0 Å². The van der Waals surface area contributed by atoms with Crippen molar-refractivity contribution in [1.82, 2.24) is 29.8 Å². The predicted molar refractivity (Wildman–Crippen MR) is 95.4 cm³/mol. The van der Waals surface area contributed by atoms with Gasteiger partial charge in [0.2, 0.25) is 11.8 Å². The van der Waals surface area contributed by atoms with Crippen molar-refractivity contribution in [2.45, 2.75) is 18.9 Å². The lowest BCUT2D eigenvalue weighted by molar-refractivity contribution is 0.379. The Morgan fingerprint density at radius 2 is 2.08 bits per heavy atom. The lowest BCUT2D eigenvalue weighted by Gasteiger charge is -2.38. The van der Waals surface area contributed by atoms with E-state index in [4.69, 9.17) is 4.74 Å². The molecule has 0 amide bonds. The molecule has 0 aliphatic carbocycles. The molecule has 134 valence electrons. The van der Waals surface area contributed by atoms with Gasteiger partial charge in [-0.2, -0.15) is 9.50 Å². The Balaban J connectivity index is 1.41. The van der Waals surface area contributed by atoms with Crippen LogP contribution < -0.4 is 14.5 Å². The summed E-state index contributed by atoms with van der Waals surface area (Å²) in [4.78, 5) is 13.6. The molecule has 2 aliphatic rings. The lowest BCUT2D eigenvalue weighted by Crippen LogP contribution is -2.49. The van der Waals surface area contributed by atoms with Gasteiger partial charge in [0.05, 0.1) is 13.2 Å². The molecular weight excluding hydrogens is 332 g/mol. The molecule has 3 aromatic rings. The van der Waals surface area contributed by atoms with Gasteiger partial charge >= 0.3 is 0 Å². The van der Waals surface area contributed by atoms with Crippen LogP contribution in [-0.4, -0.2) is 62.6 Å². The summed E-state index contributed by atoms with van der Waals surface area (Å²) in [5, 5.41) is 12.6. The number of hydrogen-bond donors (Lipinski definition) is 0. The molecule has 2 atom stereocenters. The molecule has 3 aromatic heterocycles. The number of methoxy groups -OCH3 is 1. The Morgan fingerprint density at radius 1 is 1.15 bits per heavy atom. The Hall–Kier alpha value is -2.97. The summed E-state index contributed by atoms with van der Waals surface area (Å²) in [6.45, 7) is 2.88. The van der Waals surface area contributed by atoms with Gasteiger partial charge in [-0.3, -0.25) is 0 Å². The monoisotopic (exact) mass is 352 g/mol. The fraction of sp³-hybridized carbons (Fsp3) is 0.471. The van der Waals surface area contributed by atoms with Gasteiger partial charge in [-0.1, -0.05) is 0 Å². The summed E-state index contributed by atoms with van der Waals surface area (Å²) in [6.07, 6.45) is 5.72. The van der Waals surface area contributed by atoms with Gasteiger partial charge in [0.15, 0.2) is 5.65 Å². The van der Waals surface area contributed by atoms with E-state index in [0.29, 0.717) is 17.8 Å². The highest BCUT2D eigenvalue weighted by atomic mass is 16.5.